The van der Waals surface area contributed by atoms with Crippen molar-refractivity contribution in [2.75, 3.05) is 39.6 Å². The number of hydrogen-bond acceptors (Lipinski definition) is 6. The molecule has 6 heteroatoms. The Balaban J connectivity index is 1.45. The van der Waals surface area contributed by atoms with Crippen LogP contribution >= 0.6 is 0 Å². The number of rotatable bonds is 5. The molecule has 27 heavy (non-hydrogen) atoms. The second-order valence-electron chi connectivity index (χ2n) is 7.44. The van der Waals surface area contributed by atoms with Crippen LogP contribution in [0, 0.1) is 0 Å². The number of fused-ring (bicyclic) bond motifs is 3. The molecule has 146 valence electrons. The van der Waals surface area contributed by atoms with Crippen molar-refractivity contribution in [2.45, 2.75) is 38.4 Å². The van der Waals surface area contributed by atoms with E-state index >= 15 is 0 Å². The number of aliphatic imine (C=N–C) groups is 1. The molecule has 3 aliphatic rings. The van der Waals surface area contributed by atoms with Crippen molar-refractivity contribution in [3.8, 4) is 0 Å². The summed E-state index contributed by atoms with van der Waals surface area (Å²) in [6, 6.07) is 6.66. The first-order valence-corrected chi connectivity index (χ1v) is 9.82. The molecule has 3 heterocycles. The molecular formula is C21H28N2O4. The van der Waals surface area contributed by atoms with E-state index in [9.17, 15) is 5.11 Å². The molecule has 0 saturated carbocycles. The fraction of sp³-hybridized carbons (Fsp3) is 0.571. The maximum Gasteiger partial charge on any atom is 0.212 e. The Morgan fingerprint density at radius 1 is 1.37 bits per heavy atom. The molecule has 3 aliphatic heterocycles. The van der Waals surface area contributed by atoms with Gasteiger partial charge in [-0.2, -0.15) is 0 Å². The van der Waals surface area contributed by atoms with Gasteiger partial charge in [0, 0.05) is 18.2 Å². The molecule has 2 atom stereocenters. The third kappa shape index (κ3) is 4.51. The molecule has 0 spiro atoms. The van der Waals surface area contributed by atoms with Gasteiger partial charge in [-0.1, -0.05) is 18.2 Å². The van der Waals surface area contributed by atoms with Crippen LogP contribution in [0.1, 0.15) is 30.0 Å². The lowest BCUT2D eigenvalue weighted by atomic mass is 9.92. The Kier molecular flexibility index (Phi) is 5.76. The van der Waals surface area contributed by atoms with Crippen molar-refractivity contribution in [3.63, 3.8) is 0 Å². The van der Waals surface area contributed by atoms with Crippen LogP contribution in [0.15, 0.2) is 29.3 Å². The second-order valence-corrected chi connectivity index (χ2v) is 7.44. The van der Waals surface area contributed by atoms with Gasteiger partial charge < -0.3 is 24.2 Å². The van der Waals surface area contributed by atoms with Crippen molar-refractivity contribution in [1.82, 2.24) is 4.90 Å². The molecule has 4 rings (SSSR count). The van der Waals surface area contributed by atoms with E-state index in [0.717, 1.165) is 25.8 Å². The van der Waals surface area contributed by atoms with Crippen LogP contribution < -0.4 is 0 Å². The number of ether oxygens (including phenoxy) is 3. The molecular weight excluding hydrogens is 344 g/mol. The van der Waals surface area contributed by atoms with E-state index in [1.54, 1.807) is 0 Å². The van der Waals surface area contributed by atoms with Gasteiger partial charge in [0.2, 0.25) is 5.90 Å². The zero-order valence-electron chi connectivity index (χ0n) is 15.9. The third-order valence-electron chi connectivity index (χ3n) is 5.25. The lowest BCUT2D eigenvalue weighted by Crippen LogP contribution is -2.35. The van der Waals surface area contributed by atoms with Crippen molar-refractivity contribution in [1.29, 1.82) is 0 Å². The van der Waals surface area contributed by atoms with Crippen molar-refractivity contribution in [2.24, 2.45) is 4.99 Å². The van der Waals surface area contributed by atoms with Crippen molar-refractivity contribution < 1.29 is 19.3 Å². The number of nitrogens with zero attached hydrogens (tertiary/aromatic N) is 2. The first-order valence-electron chi connectivity index (χ1n) is 9.82. The van der Waals surface area contributed by atoms with Gasteiger partial charge in [0.1, 0.15) is 19.4 Å². The predicted octanol–water partition coefficient (Wildman–Crippen LogP) is 2.00. The normalized spacial score (nSPS) is 23.0. The number of aryl methyl sites for hydroxylation is 1. The Morgan fingerprint density at radius 3 is 3.11 bits per heavy atom. The van der Waals surface area contributed by atoms with E-state index in [4.69, 9.17) is 14.2 Å². The zero-order valence-corrected chi connectivity index (χ0v) is 15.9. The first-order chi connectivity index (χ1) is 13.2. The molecule has 6 nitrogen and oxygen atoms in total. The lowest BCUT2D eigenvalue weighted by molar-refractivity contribution is -0.103. The zero-order chi connectivity index (χ0) is 18.6. The topological polar surface area (TPSA) is 63.5 Å². The van der Waals surface area contributed by atoms with E-state index < -0.39 is 0 Å². The van der Waals surface area contributed by atoms with Gasteiger partial charge in [-0.3, -0.25) is 0 Å². The maximum absolute atomic E-state index is 9.52. The van der Waals surface area contributed by atoms with Crippen molar-refractivity contribution in [3.05, 3.63) is 41.0 Å². The van der Waals surface area contributed by atoms with E-state index in [0.29, 0.717) is 39.0 Å². The van der Waals surface area contributed by atoms with Gasteiger partial charge in [0.05, 0.1) is 31.6 Å². The highest BCUT2D eigenvalue weighted by molar-refractivity contribution is 5.96. The summed E-state index contributed by atoms with van der Waals surface area (Å²) in [5.41, 5.74) is 5.10. The van der Waals surface area contributed by atoms with Crippen molar-refractivity contribution >= 4 is 11.6 Å². The maximum atomic E-state index is 9.52. The van der Waals surface area contributed by atoms with E-state index in [2.05, 4.69) is 28.1 Å². The molecule has 1 unspecified atom stereocenters. The number of aliphatic hydroxyl groups is 1. The van der Waals surface area contributed by atoms with Gasteiger partial charge in [-0.25, -0.2) is 4.99 Å². The third-order valence-corrected chi connectivity index (χ3v) is 5.25. The molecule has 1 saturated heterocycles. The molecule has 0 aromatic heterocycles. The minimum absolute atomic E-state index is 0.0204. The Bertz CT molecular complexity index is 723. The van der Waals surface area contributed by atoms with Gasteiger partial charge in [-0.05, 0) is 37.3 Å². The highest BCUT2D eigenvalue weighted by atomic mass is 16.6. The molecule has 1 N–H and O–H groups in total. The summed E-state index contributed by atoms with van der Waals surface area (Å²) in [7, 11) is 0. The average Bonchev–Trinajstić information content (AvgIpc) is 2.71. The second kappa shape index (κ2) is 8.42. The van der Waals surface area contributed by atoms with Crippen LogP contribution in [-0.2, 0) is 27.1 Å². The summed E-state index contributed by atoms with van der Waals surface area (Å²) in [5, 5.41) is 9.52. The van der Waals surface area contributed by atoms with Gasteiger partial charge in [0.25, 0.3) is 0 Å². The van der Waals surface area contributed by atoms with Gasteiger partial charge in [0.15, 0.2) is 0 Å². The van der Waals surface area contributed by atoms with Crippen LogP contribution in [-0.4, -0.2) is 67.8 Å². The highest BCUT2D eigenvalue weighted by Gasteiger charge is 2.25. The summed E-state index contributed by atoms with van der Waals surface area (Å²) in [5.74, 6) is 0.668. The van der Waals surface area contributed by atoms with E-state index in [1.807, 2.05) is 13.0 Å². The molecule has 0 aliphatic carbocycles. The van der Waals surface area contributed by atoms with Crippen LogP contribution in [0.3, 0.4) is 0 Å². The lowest BCUT2D eigenvalue weighted by Gasteiger charge is -2.34. The number of aliphatic hydroxyl groups excluding tert-OH is 1. The monoisotopic (exact) mass is 372 g/mol. The fourth-order valence-corrected chi connectivity index (χ4v) is 3.71. The molecule has 0 amide bonds. The first kappa shape index (κ1) is 18.5. The SMILES string of the molecule is CC(O)CCc1ccc2c(c1)CCN1CN=C(OC[C@@H]3COCCO3)C=C21. The minimum atomic E-state index is -0.257. The summed E-state index contributed by atoms with van der Waals surface area (Å²) in [6.07, 6.45) is 4.49. The van der Waals surface area contributed by atoms with Crippen LogP contribution in [0.25, 0.3) is 5.70 Å². The average molecular weight is 372 g/mol. The molecule has 1 aromatic rings. The van der Waals surface area contributed by atoms with Crippen LogP contribution in [0.4, 0.5) is 0 Å². The van der Waals surface area contributed by atoms with Crippen LogP contribution in [0.2, 0.25) is 0 Å². The Morgan fingerprint density at radius 2 is 2.30 bits per heavy atom. The standard InChI is InChI=1S/C21H28N2O4/c1-15(24)2-3-16-4-5-19-17(10-16)6-7-23-14-22-21(11-20(19)23)27-13-18-12-25-8-9-26-18/h4-5,10-11,15,18,24H,2-3,6-9,12-14H2,1H3/t15?,18-/m0/s1. The quantitative estimate of drug-likeness (QED) is 0.857. The molecule has 0 bridgehead atoms. The Labute approximate surface area is 160 Å². The molecule has 1 aromatic carbocycles. The van der Waals surface area contributed by atoms with E-state index in [-0.39, 0.29) is 12.2 Å². The summed E-state index contributed by atoms with van der Waals surface area (Å²) in [4.78, 5) is 6.85. The number of hydrogen-bond donors (Lipinski definition) is 1. The predicted molar refractivity (Wildman–Crippen MR) is 104 cm³/mol. The highest BCUT2D eigenvalue weighted by Crippen LogP contribution is 2.31. The van der Waals surface area contributed by atoms with Gasteiger partial charge >= 0.3 is 0 Å². The van der Waals surface area contributed by atoms with E-state index in [1.165, 1.54) is 22.4 Å². The minimum Gasteiger partial charge on any atom is -0.475 e. The molecule has 1 fully saturated rings. The summed E-state index contributed by atoms with van der Waals surface area (Å²) < 4.78 is 16.9. The Hall–Kier alpha value is -1.89. The van der Waals surface area contributed by atoms with Crippen LogP contribution in [0.5, 0.6) is 0 Å². The summed E-state index contributed by atoms with van der Waals surface area (Å²) in [6.45, 7) is 5.77. The summed E-state index contributed by atoms with van der Waals surface area (Å²) >= 11 is 0. The van der Waals surface area contributed by atoms with Gasteiger partial charge in [-0.15, -0.1) is 0 Å². The fourth-order valence-electron chi connectivity index (χ4n) is 3.71. The molecule has 0 radical (unpaired) electrons. The smallest absolute Gasteiger partial charge is 0.212 e. The number of benzene rings is 1. The largest absolute Gasteiger partial charge is 0.475 e.